The number of hydrogen-bond donors (Lipinski definition) is 1. The van der Waals surface area contributed by atoms with E-state index in [1.807, 2.05) is 32.0 Å². The van der Waals surface area contributed by atoms with E-state index in [1.165, 1.54) is 0 Å². The van der Waals surface area contributed by atoms with Crippen LogP contribution in [0.5, 0.6) is 0 Å². The summed E-state index contributed by atoms with van der Waals surface area (Å²) >= 11 is 4.95. The predicted octanol–water partition coefficient (Wildman–Crippen LogP) is 3.94. The van der Waals surface area contributed by atoms with Crippen LogP contribution in [0.4, 0.5) is 5.69 Å². The molecule has 2 nitrogen and oxygen atoms in total. The van der Waals surface area contributed by atoms with Crippen LogP contribution in [0.1, 0.15) is 26.4 Å². The smallest absolute Gasteiger partial charge is 0.196 e. The molecule has 1 aromatic heterocycles. The van der Waals surface area contributed by atoms with Crippen LogP contribution >= 0.6 is 27.3 Å². The van der Waals surface area contributed by atoms with Gasteiger partial charge >= 0.3 is 0 Å². The van der Waals surface area contributed by atoms with Crippen LogP contribution in [-0.2, 0) is 0 Å². The van der Waals surface area contributed by atoms with Gasteiger partial charge in [0.05, 0.1) is 3.79 Å². The average Bonchev–Trinajstić information content (AvgIpc) is 2.57. The third kappa shape index (κ3) is 2.28. The first-order chi connectivity index (χ1) is 8.00. The van der Waals surface area contributed by atoms with Gasteiger partial charge in [0.25, 0.3) is 0 Å². The normalized spacial score (nSPS) is 10.5. The number of thiophene rings is 1. The molecular weight excluding hydrogens is 298 g/mol. The summed E-state index contributed by atoms with van der Waals surface area (Å²) in [7, 11) is 0. The van der Waals surface area contributed by atoms with E-state index >= 15 is 0 Å². The number of anilines is 1. The van der Waals surface area contributed by atoms with Gasteiger partial charge in [0.15, 0.2) is 5.78 Å². The molecule has 0 saturated carbocycles. The van der Waals surface area contributed by atoms with Crippen LogP contribution < -0.4 is 5.73 Å². The van der Waals surface area contributed by atoms with Crippen LogP contribution in [-0.4, -0.2) is 5.78 Å². The van der Waals surface area contributed by atoms with Crippen molar-refractivity contribution in [2.45, 2.75) is 13.8 Å². The highest BCUT2D eigenvalue weighted by molar-refractivity contribution is 9.11. The first-order valence-corrected chi connectivity index (χ1v) is 6.77. The Bertz CT molecular complexity index is 569. The summed E-state index contributed by atoms with van der Waals surface area (Å²) in [6.07, 6.45) is 0. The van der Waals surface area contributed by atoms with E-state index in [0.29, 0.717) is 11.3 Å². The molecular formula is C13H12BrNOS. The molecule has 0 unspecified atom stereocenters. The quantitative estimate of drug-likeness (QED) is 0.674. The first-order valence-electron chi connectivity index (χ1n) is 5.16. The van der Waals surface area contributed by atoms with E-state index < -0.39 is 0 Å². The summed E-state index contributed by atoms with van der Waals surface area (Å²) < 4.78 is 0.963. The number of ketones is 1. The Balaban J connectivity index is 2.55. The van der Waals surface area contributed by atoms with Gasteiger partial charge in [0.1, 0.15) is 0 Å². The minimum absolute atomic E-state index is 0.0000463. The maximum Gasteiger partial charge on any atom is 0.196 e. The van der Waals surface area contributed by atoms with E-state index in [4.69, 9.17) is 5.73 Å². The summed E-state index contributed by atoms with van der Waals surface area (Å²) in [5, 5.41) is 0. The van der Waals surface area contributed by atoms with E-state index in [9.17, 15) is 4.79 Å². The zero-order valence-electron chi connectivity index (χ0n) is 9.58. The second kappa shape index (κ2) is 4.63. The lowest BCUT2D eigenvalue weighted by atomic mass is 9.98. The molecule has 0 bridgehead atoms. The molecule has 0 aliphatic rings. The van der Waals surface area contributed by atoms with Crippen LogP contribution in [0.3, 0.4) is 0 Å². The number of halogens is 1. The molecule has 17 heavy (non-hydrogen) atoms. The van der Waals surface area contributed by atoms with Crippen molar-refractivity contribution in [3.63, 3.8) is 0 Å². The van der Waals surface area contributed by atoms with Crippen molar-refractivity contribution in [3.8, 4) is 0 Å². The fraction of sp³-hybridized carbons (Fsp3) is 0.154. The Morgan fingerprint density at radius 3 is 2.59 bits per heavy atom. The molecule has 2 aromatic rings. The lowest BCUT2D eigenvalue weighted by molar-refractivity contribution is 0.103. The van der Waals surface area contributed by atoms with Gasteiger partial charge in [-0.05, 0) is 47.5 Å². The fourth-order valence-corrected chi connectivity index (χ4v) is 3.49. The maximum absolute atomic E-state index is 12.4. The van der Waals surface area contributed by atoms with Gasteiger partial charge in [-0.25, -0.2) is 0 Å². The lowest BCUT2D eigenvalue weighted by Gasteiger charge is -2.07. The second-order valence-corrected chi connectivity index (χ2v) is 6.52. The molecule has 2 rings (SSSR count). The van der Waals surface area contributed by atoms with Crippen molar-refractivity contribution in [1.82, 2.24) is 0 Å². The molecule has 88 valence electrons. The summed E-state index contributed by atoms with van der Waals surface area (Å²) in [5.74, 6) is 0.0000463. The largest absolute Gasteiger partial charge is 0.398 e. The molecule has 0 aliphatic carbocycles. The highest BCUT2D eigenvalue weighted by atomic mass is 79.9. The van der Waals surface area contributed by atoms with Crippen LogP contribution in [0, 0.1) is 13.8 Å². The highest BCUT2D eigenvalue weighted by Gasteiger charge is 2.18. The Morgan fingerprint density at radius 1 is 1.35 bits per heavy atom. The van der Waals surface area contributed by atoms with Gasteiger partial charge in [0, 0.05) is 21.7 Å². The fourth-order valence-electron chi connectivity index (χ4n) is 1.81. The molecule has 0 amide bonds. The Labute approximate surface area is 113 Å². The van der Waals surface area contributed by atoms with Gasteiger partial charge in [-0.2, -0.15) is 0 Å². The topological polar surface area (TPSA) is 43.1 Å². The van der Waals surface area contributed by atoms with Crippen molar-refractivity contribution in [1.29, 1.82) is 0 Å². The summed E-state index contributed by atoms with van der Waals surface area (Å²) in [4.78, 5) is 13.4. The van der Waals surface area contributed by atoms with Gasteiger partial charge in [0.2, 0.25) is 0 Å². The Kier molecular flexibility index (Phi) is 3.35. The molecule has 0 radical (unpaired) electrons. The monoisotopic (exact) mass is 309 g/mol. The average molecular weight is 310 g/mol. The van der Waals surface area contributed by atoms with E-state index in [1.54, 1.807) is 17.4 Å². The number of nitrogen functional groups attached to an aromatic ring is 1. The highest BCUT2D eigenvalue weighted by Crippen LogP contribution is 2.30. The van der Waals surface area contributed by atoms with Crippen LogP contribution in [0.15, 0.2) is 28.1 Å². The third-order valence-electron chi connectivity index (χ3n) is 2.66. The van der Waals surface area contributed by atoms with Crippen molar-refractivity contribution in [3.05, 3.63) is 49.6 Å². The number of hydrogen-bond acceptors (Lipinski definition) is 3. The molecule has 1 heterocycles. The van der Waals surface area contributed by atoms with Crippen LogP contribution in [0.25, 0.3) is 0 Å². The number of carbonyl (C=O) groups excluding carboxylic acids is 1. The first kappa shape index (κ1) is 12.3. The number of rotatable bonds is 2. The molecule has 0 atom stereocenters. The van der Waals surface area contributed by atoms with Gasteiger partial charge in [-0.1, -0.05) is 12.1 Å². The van der Waals surface area contributed by atoms with E-state index in [2.05, 4.69) is 15.9 Å². The van der Waals surface area contributed by atoms with Crippen molar-refractivity contribution in [2.24, 2.45) is 0 Å². The molecule has 2 N–H and O–H groups in total. The number of carbonyl (C=O) groups is 1. The second-order valence-electron chi connectivity index (χ2n) is 3.89. The minimum atomic E-state index is 0.0000463. The predicted molar refractivity (Wildman–Crippen MR) is 75.8 cm³/mol. The summed E-state index contributed by atoms with van der Waals surface area (Å²) in [5.41, 5.74) is 8.68. The van der Waals surface area contributed by atoms with Crippen LogP contribution in [0.2, 0.25) is 0 Å². The zero-order valence-corrected chi connectivity index (χ0v) is 12.0. The lowest BCUT2D eigenvalue weighted by Crippen LogP contribution is -2.07. The minimum Gasteiger partial charge on any atom is -0.398 e. The molecule has 4 heteroatoms. The summed E-state index contributed by atoms with van der Waals surface area (Å²) in [6, 6.07) is 7.38. The Hall–Kier alpha value is -1.13. The standard InChI is InChI=1S/C13H12BrNOS/c1-7-4-3-5-10(15)12(7)13(16)9-6-11(14)17-8(9)2/h3-6H,15H2,1-2H3. The molecule has 0 saturated heterocycles. The van der Waals surface area contributed by atoms with Gasteiger partial charge in [-0.15, -0.1) is 11.3 Å². The number of benzene rings is 1. The van der Waals surface area contributed by atoms with E-state index in [-0.39, 0.29) is 5.78 Å². The molecule has 0 fully saturated rings. The molecule has 1 aromatic carbocycles. The van der Waals surface area contributed by atoms with Crippen molar-refractivity contribution >= 4 is 38.7 Å². The maximum atomic E-state index is 12.4. The van der Waals surface area contributed by atoms with Crippen molar-refractivity contribution < 1.29 is 4.79 Å². The van der Waals surface area contributed by atoms with Gasteiger partial charge in [-0.3, -0.25) is 4.79 Å². The van der Waals surface area contributed by atoms with Crippen molar-refractivity contribution in [2.75, 3.05) is 5.73 Å². The summed E-state index contributed by atoms with van der Waals surface area (Å²) in [6.45, 7) is 3.84. The van der Waals surface area contributed by atoms with Gasteiger partial charge < -0.3 is 5.73 Å². The third-order valence-corrected chi connectivity index (χ3v) is 4.22. The number of aryl methyl sites for hydroxylation is 2. The number of nitrogens with two attached hydrogens (primary N) is 1. The van der Waals surface area contributed by atoms with E-state index in [0.717, 1.165) is 19.8 Å². The zero-order chi connectivity index (χ0) is 12.6. The SMILES string of the molecule is Cc1cccc(N)c1C(=O)c1cc(Br)sc1C. The molecule has 0 aliphatic heterocycles. The molecule has 0 spiro atoms. The Morgan fingerprint density at radius 2 is 2.06 bits per heavy atom.